The van der Waals surface area contributed by atoms with Gasteiger partial charge in [-0.25, -0.2) is 19.6 Å². The van der Waals surface area contributed by atoms with Crippen molar-refractivity contribution < 1.29 is 19.4 Å². The molecule has 0 saturated heterocycles. The van der Waals surface area contributed by atoms with Crippen LogP contribution in [0.2, 0.25) is 0 Å². The molecule has 0 spiro atoms. The van der Waals surface area contributed by atoms with Crippen LogP contribution in [0.4, 0.5) is 0 Å². The number of hydrogen-bond acceptors (Lipinski definition) is 5. The van der Waals surface area contributed by atoms with E-state index in [-0.39, 0.29) is 16.8 Å². The number of esters is 1. The van der Waals surface area contributed by atoms with Crippen LogP contribution in [0.3, 0.4) is 0 Å². The van der Waals surface area contributed by atoms with Crippen LogP contribution in [0.1, 0.15) is 138 Å². The number of carbonyl (C=O) groups is 2. The van der Waals surface area contributed by atoms with Crippen molar-refractivity contribution in [3.8, 4) is 0 Å². The molecule has 0 radical (unpaired) electrons. The van der Waals surface area contributed by atoms with Gasteiger partial charge < -0.3 is 19.0 Å². The normalized spacial score (nSPS) is 16.7. The van der Waals surface area contributed by atoms with Gasteiger partial charge in [-0.15, -0.1) is 0 Å². The second-order valence-electron chi connectivity index (χ2n) is 15.8. The molecule has 4 aromatic rings. The second kappa shape index (κ2) is 14.2. The highest BCUT2D eigenvalue weighted by atomic mass is 16.5. The summed E-state index contributed by atoms with van der Waals surface area (Å²) in [6.07, 6.45) is 13.3. The average Bonchev–Trinajstić information content (AvgIpc) is 3.60. The molecule has 0 atom stereocenters. The molecule has 1 N–H and O–H groups in total. The van der Waals surface area contributed by atoms with Crippen LogP contribution in [0, 0.1) is 11.8 Å². The van der Waals surface area contributed by atoms with E-state index in [0.717, 1.165) is 52.7 Å². The van der Waals surface area contributed by atoms with Crippen LogP contribution in [-0.4, -0.2) is 43.3 Å². The molecule has 8 heteroatoms. The topological polar surface area (TPSA) is 99.2 Å². The molecule has 0 bridgehead atoms. The lowest BCUT2D eigenvalue weighted by Gasteiger charge is -2.26. The van der Waals surface area contributed by atoms with Crippen LogP contribution < -0.4 is 0 Å². The fourth-order valence-electron chi connectivity index (χ4n) is 7.41. The first-order valence-corrected chi connectivity index (χ1v) is 17.6. The summed E-state index contributed by atoms with van der Waals surface area (Å²) in [6.45, 7) is 15.1. The molecule has 2 aliphatic carbocycles. The minimum Gasteiger partial charge on any atom is -0.478 e. The van der Waals surface area contributed by atoms with Crippen LogP contribution in [0.5, 0.6) is 0 Å². The summed E-state index contributed by atoms with van der Waals surface area (Å²) in [5.41, 5.74) is 4.65. The van der Waals surface area contributed by atoms with E-state index in [1.807, 2.05) is 24.3 Å². The Hall–Kier alpha value is -3.68. The van der Waals surface area contributed by atoms with E-state index in [2.05, 4.69) is 50.7 Å². The summed E-state index contributed by atoms with van der Waals surface area (Å²) in [5.74, 6) is 2.40. The third kappa shape index (κ3) is 8.07. The highest BCUT2D eigenvalue weighted by molar-refractivity contribution is 5.94. The van der Waals surface area contributed by atoms with Crippen LogP contribution >= 0.6 is 0 Å². The maximum atomic E-state index is 11.8. The van der Waals surface area contributed by atoms with Crippen LogP contribution in [-0.2, 0) is 28.7 Å². The van der Waals surface area contributed by atoms with Crippen LogP contribution in [0.15, 0.2) is 36.4 Å². The zero-order valence-corrected chi connectivity index (χ0v) is 29.6. The number of methoxy groups -OCH3 is 1. The van der Waals surface area contributed by atoms with Crippen molar-refractivity contribution in [3.63, 3.8) is 0 Å². The van der Waals surface area contributed by atoms with Crippen molar-refractivity contribution in [2.24, 2.45) is 11.8 Å². The smallest absolute Gasteiger partial charge is 0.337 e. The van der Waals surface area contributed by atoms with E-state index in [9.17, 15) is 14.7 Å². The molecular weight excluding hydrogens is 588 g/mol. The Labute approximate surface area is 279 Å². The van der Waals surface area contributed by atoms with Gasteiger partial charge in [-0.1, -0.05) is 80.1 Å². The van der Waals surface area contributed by atoms with E-state index >= 15 is 0 Å². The van der Waals surface area contributed by atoms with Gasteiger partial charge in [0, 0.05) is 23.9 Å². The highest BCUT2D eigenvalue weighted by Gasteiger charge is 2.27. The van der Waals surface area contributed by atoms with E-state index in [0.29, 0.717) is 17.0 Å². The highest BCUT2D eigenvalue weighted by Crippen LogP contribution is 2.33. The number of imidazole rings is 2. The van der Waals surface area contributed by atoms with Gasteiger partial charge in [0.1, 0.15) is 11.6 Å². The summed E-state index contributed by atoms with van der Waals surface area (Å²) in [5, 5.41) is 9.21. The molecule has 8 nitrogen and oxygen atoms in total. The summed E-state index contributed by atoms with van der Waals surface area (Å²) in [7, 11) is 1.41. The molecule has 47 heavy (non-hydrogen) atoms. The van der Waals surface area contributed by atoms with E-state index in [4.69, 9.17) is 14.7 Å². The number of aromatic nitrogens is 4. The van der Waals surface area contributed by atoms with Crippen molar-refractivity contribution in [1.29, 1.82) is 0 Å². The number of carboxylic acid groups (broad SMARTS) is 1. The minimum absolute atomic E-state index is 0.0287. The largest absolute Gasteiger partial charge is 0.478 e. The van der Waals surface area contributed by atoms with Crippen molar-refractivity contribution in [2.45, 2.75) is 130 Å². The quantitative estimate of drug-likeness (QED) is 0.211. The van der Waals surface area contributed by atoms with Crippen molar-refractivity contribution in [1.82, 2.24) is 19.1 Å². The molecule has 2 aromatic heterocycles. The Morgan fingerprint density at radius 3 is 1.49 bits per heavy atom. The lowest BCUT2D eigenvalue weighted by molar-refractivity contribution is 0.0600. The predicted octanol–water partition coefficient (Wildman–Crippen LogP) is 9.31. The number of ether oxygens (including phenoxy) is 1. The van der Waals surface area contributed by atoms with E-state index in [1.54, 1.807) is 12.1 Å². The first kappa shape index (κ1) is 34.6. The number of rotatable bonds is 6. The number of nitrogens with zero attached hydrogens (tertiary/aromatic N) is 4. The molecule has 0 aliphatic heterocycles. The molecule has 0 amide bonds. The van der Waals surface area contributed by atoms with Gasteiger partial charge in [-0.2, -0.15) is 0 Å². The Balaban J connectivity index is 0.000000185. The number of carboxylic acids is 1. The molecule has 6 rings (SSSR count). The van der Waals surface area contributed by atoms with Crippen molar-refractivity contribution in [2.75, 3.05) is 7.11 Å². The zero-order valence-electron chi connectivity index (χ0n) is 29.6. The SMILES string of the molecule is CC(C)(C)c1nc2cc(C(=O)O)ccc2n1CC1CCCCC1.COC(=O)c1ccc2c(c1)nc(C(C)(C)C)n2CC1CCCCC1. The Morgan fingerprint density at radius 1 is 0.702 bits per heavy atom. The van der Waals surface area contributed by atoms with Crippen molar-refractivity contribution >= 4 is 34.0 Å². The number of hydrogen-bond donors (Lipinski definition) is 1. The Morgan fingerprint density at radius 2 is 1.11 bits per heavy atom. The molecule has 2 heterocycles. The van der Waals surface area contributed by atoms with Gasteiger partial charge in [0.2, 0.25) is 0 Å². The Kier molecular flexibility index (Phi) is 10.5. The summed E-state index contributed by atoms with van der Waals surface area (Å²) in [6, 6.07) is 11.0. The molecule has 2 aliphatic rings. The molecule has 0 unspecified atom stereocenters. The number of fused-ring (bicyclic) bond motifs is 2. The minimum atomic E-state index is -0.897. The zero-order chi connectivity index (χ0) is 33.9. The predicted molar refractivity (Wildman–Crippen MR) is 188 cm³/mol. The summed E-state index contributed by atoms with van der Waals surface area (Å²) < 4.78 is 9.55. The molecule has 2 saturated carbocycles. The summed E-state index contributed by atoms with van der Waals surface area (Å²) >= 11 is 0. The summed E-state index contributed by atoms with van der Waals surface area (Å²) in [4.78, 5) is 32.7. The lowest BCUT2D eigenvalue weighted by Crippen LogP contribution is -2.22. The standard InChI is InChI=1S/C20H28N2O2.C19H26N2O2/c1-20(2,3)19-21-16-12-15(18(23)24-4)10-11-17(16)22(19)13-14-8-6-5-7-9-14;1-19(2,3)18-20-15-11-14(17(22)23)9-10-16(15)21(18)12-13-7-5-4-6-8-13/h10-12,14H,5-9,13H2,1-4H3;9-11,13H,4-8,12H2,1-3H3,(H,22,23). The van der Waals surface area contributed by atoms with E-state index < -0.39 is 5.97 Å². The van der Waals surface area contributed by atoms with Gasteiger partial charge in [0.05, 0.1) is 40.3 Å². The number of aromatic carboxylic acids is 1. The first-order valence-electron chi connectivity index (χ1n) is 17.6. The molecule has 2 fully saturated rings. The van der Waals surface area contributed by atoms with Gasteiger partial charge in [-0.05, 0) is 73.9 Å². The average molecular weight is 643 g/mol. The van der Waals surface area contributed by atoms with Gasteiger partial charge in [0.15, 0.2) is 0 Å². The third-order valence-electron chi connectivity index (χ3n) is 9.84. The first-order chi connectivity index (χ1) is 22.3. The Bertz CT molecular complexity index is 1710. The maximum Gasteiger partial charge on any atom is 0.337 e. The molecule has 254 valence electrons. The fourth-order valence-corrected chi connectivity index (χ4v) is 7.41. The third-order valence-corrected chi connectivity index (χ3v) is 9.84. The second-order valence-corrected chi connectivity index (χ2v) is 15.8. The maximum absolute atomic E-state index is 11.8. The number of benzene rings is 2. The van der Waals surface area contributed by atoms with E-state index in [1.165, 1.54) is 71.3 Å². The monoisotopic (exact) mass is 642 g/mol. The van der Waals surface area contributed by atoms with Gasteiger partial charge in [-0.3, -0.25) is 0 Å². The number of carbonyl (C=O) groups excluding carboxylic acids is 1. The lowest BCUT2D eigenvalue weighted by atomic mass is 9.88. The fraction of sp³-hybridized carbons (Fsp3) is 0.590. The van der Waals surface area contributed by atoms with Crippen LogP contribution in [0.25, 0.3) is 22.1 Å². The molecule has 2 aromatic carbocycles. The van der Waals surface area contributed by atoms with Gasteiger partial charge in [0.25, 0.3) is 0 Å². The van der Waals surface area contributed by atoms with Crippen molar-refractivity contribution in [3.05, 3.63) is 59.2 Å². The van der Waals surface area contributed by atoms with Gasteiger partial charge >= 0.3 is 11.9 Å². The molecular formula is C39H54N4O4.